The number of hydrogen-bond acceptors (Lipinski definition) is 1. The van der Waals surface area contributed by atoms with Crippen LogP contribution in [0.25, 0.3) is 0 Å². The molecule has 0 aliphatic heterocycles. The first kappa shape index (κ1) is 14.0. The highest BCUT2D eigenvalue weighted by Crippen LogP contribution is 2.35. The summed E-state index contributed by atoms with van der Waals surface area (Å²) in [6, 6.07) is 0.757. The van der Waals surface area contributed by atoms with Crippen molar-refractivity contribution in [1.82, 2.24) is 5.32 Å². The van der Waals surface area contributed by atoms with Gasteiger partial charge in [0.15, 0.2) is 0 Å². The van der Waals surface area contributed by atoms with Crippen molar-refractivity contribution in [3.8, 4) is 0 Å². The van der Waals surface area contributed by atoms with E-state index in [1.165, 1.54) is 44.9 Å². The Kier molecular flexibility index (Phi) is 6.41. The lowest BCUT2D eigenvalue weighted by molar-refractivity contribution is 0.183. The van der Waals surface area contributed by atoms with Crippen molar-refractivity contribution >= 4 is 0 Å². The standard InChI is InChI=1S/C15H31N/c1-5-7-13-8-10-14(11-9-13)15(16-4)12(3)6-2/h12-16H,5-11H2,1-4H3. The van der Waals surface area contributed by atoms with Crippen LogP contribution >= 0.6 is 0 Å². The van der Waals surface area contributed by atoms with Crippen LogP contribution in [0, 0.1) is 17.8 Å². The minimum atomic E-state index is 0.757. The third-order valence-corrected chi connectivity index (χ3v) is 4.69. The molecule has 1 aliphatic carbocycles. The van der Waals surface area contributed by atoms with Crippen molar-refractivity contribution < 1.29 is 0 Å². The van der Waals surface area contributed by atoms with E-state index in [0.717, 1.165) is 23.8 Å². The normalized spacial score (nSPS) is 30.0. The first-order chi connectivity index (χ1) is 7.72. The van der Waals surface area contributed by atoms with Crippen LogP contribution in [0.15, 0.2) is 0 Å². The van der Waals surface area contributed by atoms with Gasteiger partial charge < -0.3 is 5.32 Å². The molecule has 2 unspecified atom stereocenters. The van der Waals surface area contributed by atoms with Crippen molar-refractivity contribution in [2.45, 2.75) is 71.8 Å². The van der Waals surface area contributed by atoms with Crippen molar-refractivity contribution in [2.75, 3.05) is 7.05 Å². The van der Waals surface area contributed by atoms with E-state index < -0.39 is 0 Å². The highest BCUT2D eigenvalue weighted by atomic mass is 14.9. The Hall–Kier alpha value is -0.0400. The van der Waals surface area contributed by atoms with Gasteiger partial charge in [0, 0.05) is 6.04 Å². The third kappa shape index (κ3) is 3.76. The van der Waals surface area contributed by atoms with Gasteiger partial charge in [0.2, 0.25) is 0 Å². The molecule has 1 saturated carbocycles. The fraction of sp³-hybridized carbons (Fsp3) is 1.00. The van der Waals surface area contributed by atoms with Gasteiger partial charge in [-0.25, -0.2) is 0 Å². The molecule has 16 heavy (non-hydrogen) atoms. The maximum absolute atomic E-state index is 3.57. The summed E-state index contributed by atoms with van der Waals surface area (Å²) in [5.41, 5.74) is 0. The van der Waals surface area contributed by atoms with E-state index in [4.69, 9.17) is 0 Å². The van der Waals surface area contributed by atoms with Crippen LogP contribution < -0.4 is 5.32 Å². The van der Waals surface area contributed by atoms with E-state index in [0.29, 0.717) is 0 Å². The molecular formula is C15H31N. The molecule has 1 N–H and O–H groups in total. The summed E-state index contributed by atoms with van der Waals surface area (Å²) in [6.07, 6.45) is 10.0. The quantitative estimate of drug-likeness (QED) is 0.713. The predicted octanol–water partition coefficient (Wildman–Crippen LogP) is 4.23. The van der Waals surface area contributed by atoms with Crippen LogP contribution in [-0.2, 0) is 0 Å². The summed E-state index contributed by atoms with van der Waals surface area (Å²) in [4.78, 5) is 0. The fourth-order valence-corrected chi connectivity index (χ4v) is 3.48. The summed E-state index contributed by atoms with van der Waals surface area (Å²) in [7, 11) is 2.15. The molecule has 1 fully saturated rings. The molecule has 1 nitrogen and oxygen atoms in total. The average molecular weight is 225 g/mol. The van der Waals surface area contributed by atoms with Crippen LogP contribution in [0.4, 0.5) is 0 Å². The first-order valence-corrected chi connectivity index (χ1v) is 7.40. The van der Waals surface area contributed by atoms with E-state index >= 15 is 0 Å². The Balaban J connectivity index is 2.38. The zero-order valence-corrected chi connectivity index (χ0v) is 11.8. The monoisotopic (exact) mass is 225 g/mol. The molecule has 0 aromatic heterocycles. The van der Waals surface area contributed by atoms with E-state index in [2.05, 4.69) is 33.1 Å². The number of rotatable bonds is 6. The van der Waals surface area contributed by atoms with E-state index in [-0.39, 0.29) is 0 Å². The fourth-order valence-electron chi connectivity index (χ4n) is 3.48. The summed E-state index contributed by atoms with van der Waals surface area (Å²) in [5.74, 6) is 2.81. The van der Waals surface area contributed by atoms with Gasteiger partial charge >= 0.3 is 0 Å². The van der Waals surface area contributed by atoms with Crippen LogP contribution in [0.5, 0.6) is 0 Å². The molecule has 96 valence electrons. The summed E-state index contributed by atoms with van der Waals surface area (Å²) in [6.45, 7) is 7.04. The minimum absolute atomic E-state index is 0.757. The molecule has 0 heterocycles. The second-order valence-electron chi connectivity index (χ2n) is 5.77. The highest BCUT2D eigenvalue weighted by molar-refractivity contribution is 4.83. The summed E-state index contributed by atoms with van der Waals surface area (Å²) >= 11 is 0. The lowest BCUT2D eigenvalue weighted by Gasteiger charge is -2.36. The Morgan fingerprint density at radius 1 is 1.12 bits per heavy atom. The number of nitrogens with one attached hydrogen (secondary N) is 1. The maximum atomic E-state index is 3.57. The summed E-state index contributed by atoms with van der Waals surface area (Å²) in [5, 5.41) is 3.57. The van der Waals surface area contributed by atoms with Crippen molar-refractivity contribution in [3.63, 3.8) is 0 Å². The maximum Gasteiger partial charge on any atom is 0.0118 e. The molecule has 0 aromatic rings. The Labute approximate surface area is 102 Å². The molecule has 0 saturated heterocycles. The zero-order chi connectivity index (χ0) is 12.0. The van der Waals surface area contributed by atoms with Gasteiger partial charge in [-0.05, 0) is 37.6 Å². The van der Waals surface area contributed by atoms with E-state index in [1.807, 2.05) is 0 Å². The van der Waals surface area contributed by atoms with Gasteiger partial charge in [0.05, 0.1) is 0 Å². The van der Waals surface area contributed by atoms with Gasteiger partial charge in [0.1, 0.15) is 0 Å². The van der Waals surface area contributed by atoms with Gasteiger partial charge in [-0.2, -0.15) is 0 Å². The molecule has 0 spiro atoms. The van der Waals surface area contributed by atoms with Crippen LogP contribution in [0.3, 0.4) is 0 Å². The van der Waals surface area contributed by atoms with Gasteiger partial charge in [0.25, 0.3) is 0 Å². The molecule has 1 aliphatic rings. The van der Waals surface area contributed by atoms with Gasteiger partial charge in [-0.1, -0.05) is 52.9 Å². The molecule has 0 aromatic carbocycles. The third-order valence-electron chi connectivity index (χ3n) is 4.69. The topological polar surface area (TPSA) is 12.0 Å². The summed E-state index contributed by atoms with van der Waals surface area (Å²) < 4.78 is 0. The largest absolute Gasteiger partial charge is 0.316 e. The molecule has 0 amide bonds. The molecule has 1 rings (SSSR count). The lowest BCUT2D eigenvalue weighted by Crippen LogP contribution is -2.40. The molecule has 0 radical (unpaired) electrons. The highest BCUT2D eigenvalue weighted by Gasteiger charge is 2.28. The van der Waals surface area contributed by atoms with Crippen molar-refractivity contribution in [3.05, 3.63) is 0 Å². The van der Waals surface area contributed by atoms with E-state index in [9.17, 15) is 0 Å². The molecule has 0 bridgehead atoms. The Bertz CT molecular complexity index is 170. The smallest absolute Gasteiger partial charge is 0.0118 e. The SMILES string of the molecule is CCCC1CCC(C(NC)C(C)CC)CC1. The Morgan fingerprint density at radius 2 is 1.75 bits per heavy atom. The van der Waals surface area contributed by atoms with E-state index in [1.54, 1.807) is 0 Å². The van der Waals surface area contributed by atoms with Crippen LogP contribution in [-0.4, -0.2) is 13.1 Å². The lowest BCUT2D eigenvalue weighted by atomic mass is 9.74. The molecular weight excluding hydrogens is 194 g/mol. The van der Waals surface area contributed by atoms with Crippen LogP contribution in [0.1, 0.15) is 65.7 Å². The number of hydrogen-bond donors (Lipinski definition) is 1. The second kappa shape index (κ2) is 7.32. The van der Waals surface area contributed by atoms with Gasteiger partial charge in [-0.15, -0.1) is 0 Å². The molecule has 2 atom stereocenters. The van der Waals surface area contributed by atoms with Crippen molar-refractivity contribution in [1.29, 1.82) is 0 Å². The van der Waals surface area contributed by atoms with Crippen LogP contribution in [0.2, 0.25) is 0 Å². The second-order valence-corrected chi connectivity index (χ2v) is 5.77. The zero-order valence-electron chi connectivity index (χ0n) is 11.8. The predicted molar refractivity (Wildman–Crippen MR) is 72.7 cm³/mol. The Morgan fingerprint density at radius 3 is 2.19 bits per heavy atom. The van der Waals surface area contributed by atoms with Crippen molar-refractivity contribution in [2.24, 2.45) is 17.8 Å². The average Bonchev–Trinajstić information content (AvgIpc) is 2.32. The molecule has 1 heteroatoms. The first-order valence-electron chi connectivity index (χ1n) is 7.40. The minimum Gasteiger partial charge on any atom is -0.316 e. The van der Waals surface area contributed by atoms with Gasteiger partial charge in [-0.3, -0.25) is 0 Å².